The Hall–Kier alpha value is -2.66. The van der Waals surface area contributed by atoms with Gasteiger partial charge >= 0.3 is 5.97 Å². The molecule has 0 saturated heterocycles. The molecule has 28 heavy (non-hydrogen) atoms. The van der Waals surface area contributed by atoms with Crippen molar-refractivity contribution in [2.45, 2.75) is 38.6 Å². The number of esters is 1. The van der Waals surface area contributed by atoms with Crippen LogP contribution in [-0.4, -0.2) is 24.3 Å². The molecule has 2 aromatic carbocycles. The number of aryl methyl sites for hydroxylation is 2. The first-order valence-electron chi connectivity index (χ1n) is 9.33. The third-order valence-electron chi connectivity index (χ3n) is 4.74. The number of amides is 1. The number of hydrogen-bond acceptors (Lipinski definition) is 4. The summed E-state index contributed by atoms with van der Waals surface area (Å²) >= 11 is 5.81. The van der Waals surface area contributed by atoms with E-state index < -0.39 is 11.9 Å². The number of Topliss-reactive ketones (excluding diaryl/α,β-unsaturated/α-hetero) is 1. The zero-order chi connectivity index (χ0) is 19.9. The second-order valence-electron chi connectivity index (χ2n) is 6.82. The fraction of sp³-hybridized carbons (Fsp3) is 0.318. The molecule has 146 valence electrons. The number of hydrogen-bond donors (Lipinski definition) is 1. The number of ketones is 1. The predicted octanol–water partition coefficient (Wildman–Crippen LogP) is 3.65. The molecule has 0 unspecified atom stereocenters. The lowest BCUT2D eigenvalue weighted by molar-refractivity contribution is -0.148. The van der Waals surface area contributed by atoms with Crippen molar-refractivity contribution in [2.75, 3.05) is 6.61 Å². The number of benzene rings is 2. The number of nitrogens with one attached hydrogen (secondary N) is 1. The van der Waals surface area contributed by atoms with Crippen molar-refractivity contribution >= 4 is 29.3 Å². The first kappa shape index (κ1) is 20.1. The molecule has 0 aliphatic heterocycles. The lowest BCUT2D eigenvalue weighted by Crippen LogP contribution is -2.28. The van der Waals surface area contributed by atoms with Crippen LogP contribution in [0.25, 0.3) is 0 Å². The van der Waals surface area contributed by atoms with Crippen molar-refractivity contribution in [3.63, 3.8) is 0 Å². The smallest absolute Gasteiger partial charge is 0.306 e. The Balaban J connectivity index is 1.36. The van der Waals surface area contributed by atoms with Crippen molar-refractivity contribution in [1.82, 2.24) is 5.32 Å². The maximum absolute atomic E-state index is 12.3. The summed E-state index contributed by atoms with van der Waals surface area (Å²) in [7, 11) is 0. The minimum atomic E-state index is -0.559. The number of rotatable bonds is 8. The Morgan fingerprint density at radius 3 is 2.50 bits per heavy atom. The lowest BCUT2D eigenvalue weighted by Gasteiger charge is -2.07. The predicted molar refractivity (Wildman–Crippen MR) is 106 cm³/mol. The van der Waals surface area contributed by atoms with Crippen LogP contribution in [0, 0.1) is 0 Å². The van der Waals surface area contributed by atoms with E-state index in [4.69, 9.17) is 16.3 Å². The molecule has 1 aliphatic rings. The minimum Gasteiger partial charge on any atom is -0.456 e. The first-order valence-corrected chi connectivity index (χ1v) is 9.71. The van der Waals surface area contributed by atoms with Gasteiger partial charge in [-0.25, -0.2) is 0 Å². The minimum absolute atomic E-state index is 0.0413. The van der Waals surface area contributed by atoms with E-state index in [1.54, 1.807) is 24.3 Å². The van der Waals surface area contributed by atoms with E-state index in [0.29, 0.717) is 17.1 Å². The fourth-order valence-electron chi connectivity index (χ4n) is 3.18. The van der Waals surface area contributed by atoms with Crippen LogP contribution in [-0.2, 0) is 33.7 Å². The SMILES string of the molecule is O=C(COC(=O)CCC(=O)c1ccc2c(c1)CCC2)NCc1ccc(Cl)cc1. The van der Waals surface area contributed by atoms with E-state index in [9.17, 15) is 14.4 Å². The van der Waals surface area contributed by atoms with E-state index in [1.165, 1.54) is 11.1 Å². The molecule has 0 atom stereocenters. The second kappa shape index (κ2) is 9.51. The van der Waals surface area contributed by atoms with Gasteiger partial charge in [0, 0.05) is 23.6 Å². The maximum atomic E-state index is 12.3. The summed E-state index contributed by atoms with van der Waals surface area (Å²) in [5, 5.41) is 3.29. The van der Waals surface area contributed by atoms with Crippen molar-refractivity contribution in [1.29, 1.82) is 0 Å². The van der Waals surface area contributed by atoms with Gasteiger partial charge in [0.2, 0.25) is 0 Å². The van der Waals surface area contributed by atoms with Gasteiger partial charge in [-0.15, -0.1) is 0 Å². The van der Waals surface area contributed by atoms with Gasteiger partial charge in [-0.2, -0.15) is 0 Å². The highest BCUT2D eigenvalue weighted by atomic mass is 35.5. The van der Waals surface area contributed by atoms with Crippen LogP contribution in [0.1, 0.15) is 46.3 Å². The molecular formula is C22H22ClNO4. The topological polar surface area (TPSA) is 72.5 Å². The summed E-state index contributed by atoms with van der Waals surface area (Å²) in [5.41, 5.74) is 4.06. The number of carbonyl (C=O) groups is 3. The summed E-state index contributed by atoms with van der Waals surface area (Å²) in [6.45, 7) is -0.0379. The molecule has 0 heterocycles. The monoisotopic (exact) mass is 399 g/mol. The summed E-state index contributed by atoms with van der Waals surface area (Å²) < 4.78 is 4.95. The molecule has 0 spiro atoms. The van der Waals surface area contributed by atoms with Crippen LogP contribution in [0.5, 0.6) is 0 Å². The van der Waals surface area contributed by atoms with E-state index >= 15 is 0 Å². The first-order chi connectivity index (χ1) is 13.5. The maximum Gasteiger partial charge on any atom is 0.306 e. The molecule has 0 saturated carbocycles. The Bertz CT molecular complexity index is 877. The van der Waals surface area contributed by atoms with Gasteiger partial charge in [-0.1, -0.05) is 35.9 Å². The van der Waals surface area contributed by atoms with E-state index in [2.05, 4.69) is 5.32 Å². The number of carbonyl (C=O) groups excluding carboxylic acids is 3. The molecule has 0 bridgehead atoms. The van der Waals surface area contributed by atoms with Crippen LogP contribution in [0.2, 0.25) is 5.02 Å². The normalized spacial score (nSPS) is 12.3. The Kier molecular flexibility index (Phi) is 6.82. The molecule has 1 N–H and O–H groups in total. The number of fused-ring (bicyclic) bond motifs is 1. The third kappa shape index (κ3) is 5.67. The summed E-state index contributed by atoms with van der Waals surface area (Å²) in [5.74, 6) is -1.04. The zero-order valence-corrected chi connectivity index (χ0v) is 16.3. The highest BCUT2D eigenvalue weighted by Crippen LogP contribution is 2.23. The largest absolute Gasteiger partial charge is 0.456 e. The van der Waals surface area contributed by atoms with Gasteiger partial charge in [0.15, 0.2) is 12.4 Å². The molecule has 2 aromatic rings. The Morgan fingerprint density at radius 1 is 0.964 bits per heavy atom. The lowest BCUT2D eigenvalue weighted by atomic mass is 10.0. The molecule has 5 nitrogen and oxygen atoms in total. The van der Waals surface area contributed by atoms with Gasteiger partial charge in [-0.3, -0.25) is 14.4 Å². The van der Waals surface area contributed by atoms with E-state index in [1.807, 2.05) is 18.2 Å². The molecule has 3 rings (SSSR count). The van der Waals surface area contributed by atoms with Crippen molar-refractivity contribution in [2.24, 2.45) is 0 Å². The summed E-state index contributed by atoms with van der Waals surface area (Å²) in [4.78, 5) is 35.9. The molecule has 1 aliphatic carbocycles. The van der Waals surface area contributed by atoms with Crippen molar-refractivity contribution < 1.29 is 19.1 Å². The highest BCUT2D eigenvalue weighted by Gasteiger charge is 2.15. The fourth-order valence-corrected chi connectivity index (χ4v) is 3.30. The average Bonchev–Trinajstić information content (AvgIpc) is 3.17. The molecule has 1 amide bonds. The van der Waals surface area contributed by atoms with E-state index in [-0.39, 0.29) is 25.2 Å². The highest BCUT2D eigenvalue weighted by molar-refractivity contribution is 6.30. The van der Waals surface area contributed by atoms with Crippen molar-refractivity contribution in [3.8, 4) is 0 Å². The number of halogens is 1. The average molecular weight is 400 g/mol. The van der Waals surface area contributed by atoms with Crippen LogP contribution in [0.4, 0.5) is 0 Å². The van der Waals surface area contributed by atoms with Crippen LogP contribution >= 0.6 is 11.6 Å². The Labute approximate surface area is 169 Å². The standard InChI is InChI=1S/C22H22ClNO4/c23-19-8-4-15(5-9-19)13-24-21(26)14-28-22(27)11-10-20(25)18-7-6-16-2-1-3-17(16)12-18/h4-9,12H,1-3,10-11,13-14H2,(H,24,26). The molecule has 0 fully saturated rings. The molecule has 0 aromatic heterocycles. The Morgan fingerprint density at radius 2 is 1.71 bits per heavy atom. The number of ether oxygens (including phenoxy) is 1. The van der Waals surface area contributed by atoms with Gasteiger partial charge in [-0.05, 0) is 54.2 Å². The summed E-state index contributed by atoms with van der Waals surface area (Å²) in [6, 6.07) is 12.8. The van der Waals surface area contributed by atoms with Crippen LogP contribution < -0.4 is 5.32 Å². The molecular weight excluding hydrogens is 378 g/mol. The molecule has 0 radical (unpaired) electrons. The zero-order valence-electron chi connectivity index (χ0n) is 15.5. The van der Waals surface area contributed by atoms with E-state index in [0.717, 1.165) is 24.8 Å². The van der Waals surface area contributed by atoms with Gasteiger partial charge in [0.05, 0.1) is 6.42 Å². The third-order valence-corrected chi connectivity index (χ3v) is 5.00. The quantitative estimate of drug-likeness (QED) is 0.543. The van der Waals surface area contributed by atoms with Crippen molar-refractivity contribution in [3.05, 3.63) is 69.7 Å². The molecule has 6 heteroatoms. The second-order valence-corrected chi connectivity index (χ2v) is 7.26. The van der Waals surface area contributed by atoms with Gasteiger partial charge < -0.3 is 10.1 Å². The van der Waals surface area contributed by atoms with Gasteiger partial charge in [0.1, 0.15) is 0 Å². The summed E-state index contributed by atoms with van der Waals surface area (Å²) in [6.07, 6.45) is 3.23. The van der Waals surface area contributed by atoms with Gasteiger partial charge in [0.25, 0.3) is 5.91 Å². The van der Waals surface area contributed by atoms with Crippen LogP contribution in [0.3, 0.4) is 0 Å². The van der Waals surface area contributed by atoms with Crippen LogP contribution in [0.15, 0.2) is 42.5 Å².